The lowest BCUT2D eigenvalue weighted by Gasteiger charge is -2.12. The van der Waals surface area contributed by atoms with Gasteiger partial charge < -0.3 is 10.1 Å². The highest BCUT2D eigenvalue weighted by Gasteiger charge is 2.13. The summed E-state index contributed by atoms with van der Waals surface area (Å²) < 4.78 is 5.73. The maximum atomic E-state index is 5.73. The van der Waals surface area contributed by atoms with Crippen LogP contribution in [0.4, 0.5) is 0 Å². The Bertz CT molecular complexity index is 288. The normalized spacial score (nSPS) is 20.5. The molecule has 1 saturated heterocycles. The van der Waals surface area contributed by atoms with E-state index in [9.17, 15) is 0 Å². The summed E-state index contributed by atoms with van der Waals surface area (Å²) in [5.74, 6) is 0.987. The predicted molar refractivity (Wildman–Crippen MR) is 62.3 cm³/mol. The Kier molecular flexibility index (Phi) is 3.62. The molecule has 1 heterocycles. The number of rotatable bonds is 4. The van der Waals surface area contributed by atoms with Crippen LogP contribution in [0.5, 0.6) is 5.75 Å². The van der Waals surface area contributed by atoms with Crippen molar-refractivity contribution in [1.82, 2.24) is 5.32 Å². The largest absolute Gasteiger partial charge is 0.492 e. The van der Waals surface area contributed by atoms with E-state index in [0.29, 0.717) is 6.04 Å². The average molecular weight is 205 g/mol. The van der Waals surface area contributed by atoms with Gasteiger partial charge in [-0.1, -0.05) is 19.1 Å². The van der Waals surface area contributed by atoms with Crippen LogP contribution in [0.2, 0.25) is 0 Å². The molecule has 0 radical (unpaired) electrons. The average Bonchev–Trinajstić information content (AvgIpc) is 2.80. The molecule has 1 aromatic rings. The van der Waals surface area contributed by atoms with Gasteiger partial charge in [-0.15, -0.1) is 0 Å². The van der Waals surface area contributed by atoms with Gasteiger partial charge >= 0.3 is 0 Å². The molecule has 0 aliphatic carbocycles. The minimum atomic E-state index is 0.552. The second-order valence-electron chi connectivity index (χ2n) is 4.10. The van der Waals surface area contributed by atoms with Gasteiger partial charge in [-0.05, 0) is 43.5 Å². The van der Waals surface area contributed by atoms with Crippen LogP contribution in [0.1, 0.15) is 25.3 Å². The van der Waals surface area contributed by atoms with E-state index in [0.717, 1.165) is 25.3 Å². The zero-order valence-electron chi connectivity index (χ0n) is 9.33. The molecule has 82 valence electrons. The van der Waals surface area contributed by atoms with Gasteiger partial charge in [0.1, 0.15) is 12.4 Å². The topological polar surface area (TPSA) is 21.3 Å². The maximum Gasteiger partial charge on any atom is 0.119 e. The van der Waals surface area contributed by atoms with Crippen molar-refractivity contribution < 1.29 is 4.74 Å². The molecule has 1 aliphatic heterocycles. The SMILES string of the molecule is CCc1ccc(OC[C@H]2CCCN2)cc1. The Labute approximate surface area is 91.6 Å². The van der Waals surface area contributed by atoms with Crippen molar-refractivity contribution in [3.05, 3.63) is 29.8 Å². The molecule has 1 fully saturated rings. The standard InChI is InChI=1S/C13H19NO/c1-2-11-5-7-13(8-6-11)15-10-12-4-3-9-14-12/h5-8,12,14H,2-4,9-10H2,1H3/t12-/m1/s1. The minimum absolute atomic E-state index is 0.552. The molecular weight excluding hydrogens is 186 g/mol. The number of nitrogens with one attached hydrogen (secondary N) is 1. The van der Waals surface area contributed by atoms with Crippen molar-refractivity contribution in [3.63, 3.8) is 0 Å². The highest BCUT2D eigenvalue weighted by molar-refractivity contribution is 5.27. The van der Waals surface area contributed by atoms with Gasteiger partial charge in [0, 0.05) is 6.04 Å². The summed E-state index contributed by atoms with van der Waals surface area (Å²) in [4.78, 5) is 0. The molecule has 0 aromatic heterocycles. The van der Waals surface area contributed by atoms with E-state index in [1.807, 2.05) is 0 Å². The summed E-state index contributed by atoms with van der Waals surface area (Å²) >= 11 is 0. The first kappa shape index (κ1) is 10.5. The maximum absolute atomic E-state index is 5.73. The van der Waals surface area contributed by atoms with E-state index in [-0.39, 0.29) is 0 Å². The van der Waals surface area contributed by atoms with E-state index in [2.05, 4.69) is 36.5 Å². The van der Waals surface area contributed by atoms with Crippen molar-refractivity contribution in [1.29, 1.82) is 0 Å². The molecule has 2 nitrogen and oxygen atoms in total. The fourth-order valence-electron chi connectivity index (χ4n) is 1.92. The zero-order chi connectivity index (χ0) is 10.5. The fourth-order valence-corrected chi connectivity index (χ4v) is 1.92. The number of hydrogen-bond acceptors (Lipinski definition) is 2. The number of hydrogen-bond donors (Lipinski definition) is 1. The molecule has 2 rings (SSSR count). The fraction of sp³-hybridized carbons (Fsp3) is 0.538. The molecule has 1 N–H and O–H groups in total. The van der Waals surface area contributed by atoms with E-state index in [1.54, 1.807) is 0 Å². The zero-order valence-corrected chi connectivity index (χ0v) is 9.33. The van der Waals surface area contributed by atoms with E-state index < -0.39 is 0 Å². The highest BCUT2D eigenvalue weighted by atomic mass is 16.5. The first-order valence-electron chi connectivity index (χ1n) is 5.83. The molecule has 0 spiro atoms. The summed E-state index contributed by atoms with van der Waals surface area (Å²) in [7, 11) is 0. The quantitative estimate of drug-likeness (QED) is 0.815. The van der Waals surface area contributed by atoms with Crippen molar-refractivity contribution in [2.45, 2.75) is 32.2 Å². The van der Waals surface area contributed by atoms with Gasteiger partial charge in [-0.2, -0.15) is 0 Å². The van der Waals surface area contributed by atoms with Crippen LogP contribution < -0.4 is 10.1 Å². The molecule has 0 amide bonds. The molecule has 1 atom stereocenters. The van der Waals surface area contributed by atoms with Crippen LogP contribution in [-0.4, -0.2) is 19.2 Å². The first-order chi connectivity index (χ1) is 7.38. The Balaban J connectivity index is 1.82. The Morgan fingerprint density at radius 3 is 2.73 bits per heavy atom. The van der Waals surface area contributed by atoms with Crippen molar-refractivity contribution >= 4 is 0 Å². The lowest BCUT2D eigenvalue weighted by atomic mass is 10.2. The molecule has 15 heavy (non-hydrogen) atoms. The summed E-state index contributed by atoms with van der Waals surface area (Å²) in [5.41, 5.74) is 1.36. The lowest BCUT2D eigenvalue weighted by molar-refractivity contribution is 0.277. The molecule has 1 aromatic carbocycles. The van der Waals surface area contributed by atoms with Crippen LogP contribution in [0.15, 0.2) is 24.3 Å². The Hall–Kier alpha value is -1.02. The third-order valence-corrected chi connectivity index (χ3v) is 2.95. The van der Waals surface area contributed by atoms with Crippen molar-refractivity contribution in [2.75, 3.05) is 13.2 Å². The molecule has 0 saturated carbocycles. The Morgan fingerprint density at radius 1 is 1.33 bits per heavy atom. The number of benzene rings is 1. The first-order valence-corrected chi connectivity index (χ1v) is 5.83. The van der Waals surface area contributed by atoms with E-state index >= 15 is 0 Å². The van der Waals surface area contributed by atoms with E-state index in [4.69, 9.17) is 4.74 Å². The minimum Gasteiger partial charge on any atom is -0.492 e. The highest BCUT2D eigenvalue weighted by Crippen LogP contribution is 2.14. The molecular formula is C13H19NO. The third kappa shape index (κ3) is 2.96. The summed E-state index contributed by atoms with van der Waals surface area (Å²) in [6.45, 7) is 4.10. The van der Waals surface area contributed by atoms with Gasteiger partial charge in [0.25, 0.3) is 0 Å². The second kappa shape index (κ2) is 5.17. The van der Waals surface area contributed by atoms with Gasteiger partial charge in [-0.3, -0.25) is 0 Å². The molecule has 0 unspecified atom stereocenters. The van der Waals surface area contributed by atoms with E-state index in [1.165, 1.54) is 18.4 Å². The molecule has 0 bridgehead atoms. The lowest BCUT2D eigenvalue weighted by Crippen LogP contribution is -2.28. The summed E-state index contributed by atoms with van der Waals surface area (Å²) in [6, 6.07) is 8.95. The molecule has 1 aliphatic rings. The van der Waals surface area contributed by atoms with Crippen molar-refractivity contribution in [3.8, 4) is 5.75 Å². The predicted octanol–water partition coefficient (Wildman–Crippen LogP) is 2.38. The number of ether oxygens (including phenoxy) is 1. The number of aryl methyl sites for hydroxylation is 1. The van der Waals surface area contributed by atoms with Crippen LogP contribution in [0.3, 0.4) is 0 Å². The Morgan fingerprint density at radius 2 is 2.13 bits per heavy atom. The van der Waals surface area contributed by atoms with Crippen LogP contribution in [0, 0.1) is 0 Å². The van der Waals surface area contributed by atoms with Gasteiger partial charge in [0.15, 0.2) is 0 Å². The smallest absolute Gasteiger partial charge is 0.119 e. The van der Waals surface area contributed by atoms with Crippen LogP contribution >= 0.6 is 0 Å². The van der Waals surface area contributed by atoms with Crippen LogP contribution in [0.25, 0.3) is 0 Å². The summed E-state index contributed by atoms with van der Waals surface area (Å²) in [6.07, 6.45) is 3.61. The molecule has 2 heteroatoms. The van der Waals surface area contributed by atoms with Crippen molar-refractivity contribution in [2.24, 2.45) is 0 Å². The monoisotopic (exact) mass is 205 g/mol. The van der Waals surface area contributed by atoms with Gasteiger partial charge in [0.2, 0.25) is 0 Å². The van der Waals surface area contributed by atoms with Crippen LogP contribution in [-0.2, 0) is 6.42 Å². The third-order valence-electron chi connectivity index (χ3n) is 2.95. The second-order valence-corrected chi connectivity index (χ2v) is 4.10. The van der Waals surface area contributed by atoms with Gasteiger partial charge in [-0.25, -0.2) is 0 Å². The van der Waals surface area contributed by atoms with Gasteiger partial charge in [0.05, 0.1) is 0 Å². The summed E-state index contributed by atoms with van der Waals surface area (Å²) in [5, 5.41) is 3.42.